The Morgan fingerprint density at radius 1 is 1.16 bits per heavy atom. The number of amides is 2. The fourth-order valence-electron chi connectivity index (χ4n) is 3.64. The van der Waals surface area contributed by atoms with Gasteiger partial charge in [0.25, 0.3) is 0 Å². The summed E-state index contributed by atoms with van der Waals surface area (Å²) in [6, 6.07) is 15.6. The number of methoxy groups -OCH3 is 1. The molecule has 7 nitrogen and oxygen atoms in total. The lowest BCUT2D eigenvalue weighted by atomic mass is 10.1. The molecule has 1 aliphatic rings. The highest BCUT2D eigenvalue weighted by Crippen LogP contribution is 2.29. The van der Waals surface area contributed by atoms with Crippen LogP contribution in [0.15, 0.2) is 48.5 Å². The number of ether oxygens (including phenoxy) is 1. The summed E-state index contributed by atoms with van der Waals surface area (Å²) in [4.78, 5) is 26.9. The average molecular weight is 437 g/mol. The van der Waals surface area contributed by atoms with Gasteiger partial charge in [-0.1, -0.05) is 41.7 Å². The highest BCUT2D eigenvalue weighted by atomic mass is 32.1. The SMILES string of the molecule is COc1ccc(CCc2nnc(NC(=O)[C@@H]3CC(=O)N(c4ccccc4C)C3)s2)cc1. The topological polar surface area (TPSA) is 84.4 Å². The second-order valence-corrected chi connectivity index (χ2v) is 8.59. The molecule has 1 aliphatic heterocycles. The lowest BCUT2D eigenvalue weighted by molar-refractivity contribution is -0.122. The van der Waals surface area contributed by atoms with Crippen molar-refractivity contribution in [3.05, 3.63) is 64.7 Å². The molecule has 160 valence electrons. The van der Waals surface area contributed by atoms with Gasteiger partial charge in [0.05, 0.1) is 13.0 Å². The maximum atomic E-state index is 12.7. The van der Waals surface area contributed by atoms with E-state index in [-0.39, 0.29) is 18.2 Å². The highest BCUT2D eigenvalue weighted by Gasteiger charge is 2.36. The van der Waals surface area contributed by atoms with E-state index in [1.165, 1.54) is 16.9 Å². The zero-order valence-electron chi connectivity index (χ0n) is 17.5. The number of carbonyl (C=O) groups excluding carboxylic acids is 2. The van der Waals surface area contributed by atoms with Gasteiger partial charge in [0.2, 0.25) is 16.9 Å². The van der Waals surface area contributed by atoms with Crippen LogP contribution in [-0.4, -0.2) is 35.7 Å². The Morgan fingerprint density at radius 3 is 2.68 bits per heavy atom. The van der Waals surface area contributed by atoms with Gasteiger partial charge < -0.3 is 15.0 Å². The van der Waals surface area contributed by atoms with Crippen LogP contribution in [-0.2, 0) is 22.4 Å². The van der Waals surface area contributed by atoms with Crippen LogP contribution in [0.2, 0.25) is 0 Å². The van der Waals surface area contributed by atoms with E-state index in [2.05, 4.69) is 15.5 Å². The standard InChI is InChI=1S/C23H24N4O3S/c1-15-5-3-4-6-19(15)27-14-17(13-21(27)28)22(29)24-23-26-25-20(31-23)12-9-16-7-10-18(30-2)11-8-16/h3-8,10-11,17H,9,12-14H2,1-2H3,(H,24,26,29)/t17-/m1/s1. The number of rotatable bonds is 7. The smallest absolute Gasteiger partial charge is 0.231 e. The molecule has 2 amide bonds. The van der Waals surface area contributed by atoms with Crippen molar-refractivity contribution in [3.8, 4) is 5.75 Å². The van der Waals surface area contributed by atoms with E-state index in [1.54, 1.807) is 12.0 Å². The third-order valence-corrected chi connectivity index (χ3v) is 6.28. The molecule has 1 saturated heterocycles. The van der Waals surface area contributed by atoms with E-state index >= 15 is 0 Å². The van der Waals surface area contributed by atoms with Gasteiger partial charge >= 0.3 is 0 Å². The van der Waals surface area contributed by atoms with E-state index in [0.29, 0.717) is 11.7 Å². The van der Waals surface area contributed by atoms with Crippen LogP contribution < -0.4 is 15.0 Å². The summed E-state index contributed by atoms with van der Waals surface area (Å²) in [6.45, 7) is 2.34. The molecule has 4 rings (SSSR count). The van der Waals surface area contributed by atoms with Crippen LogP contribution in [0.25, 0.3) is 0 Å². The summed E-state index contributed by atoms with van der Waals surface area (Å²) >= 11 is 1.37. The molecule has 1 atom stereocenters. The monoisotopic (exact) mass is 436 g/mol. The van der Waals surface area contributed by atoms with Crippen LogP contribution in [0.1, 0.15) is 22.6 Å². The van der Waals surface area contributed by atoms with Gasteiger partial charge in [-0.25, -0.2) is 0 Å². The van der Waals surface area contributed by atoms with Gasteiger partial charge in [-0.05, 0) is 42.7 Å². The molecule has 1 fully saturated rings. The molecule has 1 N–H and O–H groups in total. The van der Waals surface area contributed by atoms with Crippen molar-refractivity contribution in [2.75, 3.05) is 23.9 Å². The first-order chi connectivity index (χ1) is 15.0. The fourth-order valence-corrected chi connectivity index (χ4v) is 4.38. The van der Waals surface area contributed by atoms with E-state index < -0.39 is 5.92 Å². The number of hydrogen-bond donors (Lipinski definition) is 1. The minimum atomic E-state index is -0.404. The zero-order valence-corrected chi connectivity index (χ0v) is 18.3. The minimum absolute atomic E-state index is 0.0353. The minimum Gasteiger partial charge on any atom is -0.497 e. The van der Waals surface area contributed by atoms with Crippen molar-refractivity contribution in [2.24, 2.45) is 5.92 Å². The second-order valence-electron chi connectivity index (χ2n) is 7.53. The summed E-state index contributed by atoms with van der Waals surface area (Å²) < 4.78 is 5.17. The first-order valence-electron chi connectivity index (χ1n) is 10.2. The largest absolute Gasteiger partial charge is 0.497 e. The molecule has 3 aromatic rings. The van der Waals surface area contributed by atoms with E-state index in [0.717, 1.165) is 34.8 Å². The number of hydrogen-bond acceptors (Lipinski definition) is 6. The number of anilines is 2. The van der Waals surface area contributed by atoms with E-state index in [4.69, 9.17) is 4.74 Å². The molecule has 0 unspecified atom stereocenters. The molecule has 0 saturated carbocycles. The molecule has 0 radical (unpaired) electrons. The molecule has 2 heterocycles. The highest BCUT2D eigenvalue weighted by molar-refractivity contribution is 7.15. The first kappa shape index (κ1) is 21.0. The maximum absolute atomic E-state index is 12.7. The summed E-state index contributed by atoms with van der Waals surface area (Å²) in [5, 5.41) is 12.4. The quantitative estimate of drug-likeness (QED) is 0.611. The zero-order chi connectivity index (χ0) is 21.8. The van der Waals surface area contributed by atoms with Crippen molar-refractivity contribution in [1.82, 2.24) is 10.2 Å². The molecule has 1 aromatic heterocycles. The lowest BCUT2D eigenvalue weighted by Gasteiger charge is -2.18. The van der Waals surface area contributed by atoms with E-state index in [9.17, 15) is 9.59 Å². The van der Waals surface area contributed by atoms with Gasteiger partial charge in [-0.3, -0.25) is 9.59 Å². The van der Waals surface area contributed by atoms with Gasteiger partial charge in [-0.2, -0.15) is 0 Å². The van der Waals surface area contributed by atoms with Gasteiger partial charge in [0.1, 0.15) is 10.8 Å². The van der Waals surface area contributed by atoms with Crippen molar-refractivity contribution in [3.63, 3.8) is 0 Å². The molecule has 0 bridgehead atoms. The molecular weight excluding hydrogens is 412 g/mol. The molecular formula is C23H24N4O3S. The second kappa shape index (κ2) is 9.26. The third kappa shape index (κ3) is 4.91. The van der Waals surface area contributed by atoms with Gasteiger partial charge in [0, 0.05) is 25.1 Å². The Morgan fingerprint density at radius 2 is 1.94 bits per heavy atom. The number of aromatic nitrogens is 2. The van der Waals surface area contributed by atoms with E-state index in [1.807, 2.05) is 55.5 Å². The van der Waals surface area contributed by atoms with Gasteiger partial charge in [-0.15, -0.1) is 10.2 Å². The third-order valence-electron chi connectivity index (χ3n) is 5.39. The molecule has 31 heavy (non-hydrogen) atoms. The molecule has 8 heteroatoms. The Balaban J connectivity index is 1.32. The fraction of sp³-hybridized carbons (Fsp3) is 0.304. The number of carbonyl (C=O) groups is 2. The Hall–Kier alpha value is -3.26. The van der Waals surface area contributed by atoms with Crippen LogP contribution in [0, 0.1) is 12.8 Å². The summed E-state index contributed by atoms with van der Waals surface area (Å²) in [6.07, 6.45) is 1.77. The summed E-state index contributed by atoms with van der Waals surface area (Å²) in [5.74, 6) is 0.198. The first-order valence-corrected chi connectivity index (χ1v) is 11.0. The Bertz CT molecular complexity index is 1080. The van der Waals surface area contributed by atoms with Crippen LogP contribution >= 0.6 is 11.3 Å². The average Bonchev–Trinajstić information content (AvgIpc) is 3.39. The van der Waals surface area contributed by atoms with Crippen LogP contribution in [0.4, 0.5) is 10.8 Å². The molecule has 0 spiro atoms. The van der Waals surface area contributed by atoms with Crippen LogP contribution in [0.5, 0.6) is 5.75 Å². The van der Waals surface area contributed by atoms with Gasteiger partial charge in [0.15, 0.2) is 0 Å². The Kier molecular flexibility index (Phi) is 6.27. The van der Waals surface area contributed by atoms with Crippen molar-refractivity contribution in [2.45, 2.75) is 26.2 Å². The molecule has 0 aliphatic carbocycles. The predicted molar refractivity (Wildman–Crippen MR) is 121 cm³/mol. The maximum Gasteiger partial charge on any atom is 0.231 e. The normalized spacial score (nSPS) is 15.9. The van der Waals surface area contributed by atoms with Crippen molar-refractivity contribution in [1.29, 1.82) is 0 Å². The van der Waals surface area contributed by atoms with Crippen molar-refractivity contribution < 1.29 is 14.3 Å². The number of benzene rings is 2. The Labute approximate surface area is 185 Å². The summed E-state index contributed by atoms with van der Waals surface area (Å²) in [5.41, 5.74) is 3.06. The lowest BCUT2D eigenvalue weighted by Crippen LogP contribution is -2.28. The number of nitrogens with one attached hydrogen (secondary N) is 1. The number of para-hydroxylation sites is 1. The van der Waals surface area contributed by atoms with Crippen molar-refractivity contribution >= 4 is 34.0 Å². The van der Waals surface area contributed by atoms with Crippen LogP contribution in [0.3, 0.4) is 0 Å². The summed E-state index contributed by atoms with van der Waals surface area (Å²) in [7, 11) is 1.65. The predicted octanol–water partition coefficient (Wildman–Crippen LogP) is 3.63. The molecule has 2 aromatic carbocycles. The number of nitrogens with zero attached hydrogens (tertiary/aromatic N) is 3. The number of aryl methyl sites for hydroxylation is 3.